The number of likely N-dealkylation sites (N-methyl/N-ethyl adjacent to an activating group) is 1. The summed E-state index contributed by atoms with van der Waals surface area (Å²) < 4.78 is 15.8. The molecule has 0 saturated heterocycles. The molecule has 0 aliphatic carbocycles. The number of amides is 4. The number of ether oxygens (including phenoxy) is 3. The van der Waals surface area contributed by atoms with Crippen molar-refractivity contribution in [2.45, 2.75) is 82.8 Å². The predicted molar refractivity (Wildman–Crippen MR) is 167 cm³/mol. The third-order valence-corrected chi connectivity index (χ3v) is 6.83. The van der Waals surface area contributed by atoms with Gasteiger partial charge in [-0.25, -0.2) is 4.79 Å². The lowest BCUT2D eigenvalue weighted by atomic mass is 9.98. The average molecular weight is 630 g/mol. The van der Waals surface area contributed by atoms with E-state index in [1.165, 1.54) is 28.2 Å². The predicted octanol–water partition coefficient (Wildman–Crippen LogP) is 1.79. The first-order valence-corrected chi connectivity index (χ1v) is 14.6. The molecule has 0 bridgehead atoms. The normalized spacial score (nSPS) is 14.2. The Morgan fingerprint density at radius 2 is 1.33 bits per heavy atom. The lowest BCUT2D eigenvalue weighted by Gasteiger charge is -2.30. The molecule has 45 heavy (non-hydrogen) atoms. The van der Waals surface area contributed by atoms with E-state index < -0.39 is 66.1 Å². The molecule has 13 heteroatoms. The first kappa shape index (κ1) is 37.1. The van der Waals surface area contributed by atoms with Crippen LogP contribution in [0.2, 0.25) is 0 Å². The summed E-state index contributed by atoms with van der Waals surface area (Å²) >= 11 is 0. The van der Waals surface area contributed by atoms with Crippen LogP contribution < -0.4 is 21.7 Å². The van der Waals surface area contributed by atoms with E-state index >= 15 is 0 Å². The van der Waals surface area contributed by atoms with Crippen molar-refractivity contribution >= 4 is 23.8 Å². The Morgan fingerprint density at radius 1 is 0.822 bits per heavy atom. The number of hydrogen-bond donors (Lipinski definition) is 5. The Morgan fingerprint density at radius 3 is 1.78 bits per heavy atom. The van der Waals surface area contributed by atoms with Crippen LogP contribution in [-0.2, 0) is 28.6 Å². The molecular weight excluding hydrogens is 582 g/mol. The van der Waals surface area contributed by atoms with Crippen molar-refractivity contribution < 1.29 is 38.5 Å². The molecule has 13 nitrogen and oxygen atoms in total. The van der Waals surface area contributed by atoms with Gasteiger partial charge in [-0.05, 0) is 45.2 Å². The van der Waals surface area contributed by atoms with E-state index in [2.05, 4.69) is 16.0 Å². The molecule has 0 aliphatic heterocycles. The van der Waals surface area contributed by atoms with Gasteiger partial charge in [-0.3, -0.25) is 19.3 Å². The molecule has 0 spiro atoms. The molecule has 2 rings (SSSR count). The van der Waals surface area contributed by atoms with Crippen molar-refractivity contribution in [1.82, 2.24) is 20.9 Å². The Kier molecular flexibility index (Phi) is 14.4. The van der Waals surface area contributed by atoms with Gasteiger partial charge in [0.25, 0.3) is 5.91 Å². The van der Waals surface area contributed by atoms with E-state index in [0.29, 0.717) is 0 Å². The van der Waals surface area contributed by atoms with Crippen LogP contribution in [-0.4, -0.2) is 91.3 Å². The lowest BCUT2D eigenvalue weighted by molar-refractivity contribution is -0.136. The average Bonchev–Trinajstić information content (AvgIpc) is 3.01. The minimum atomic E-state index is -1.53. The fraction of sp³-hybridized carbons (Fsp3) is 0.500. The second kappa shape index (κ2) is 17.4. The maximum Gasteiger partial charge on any atom is 0.411 e. The van der Waals surface area contributed by atoms with Gasteiger partial charge in [-0.1, -0.05) is 60.7 Å². The van der Waals surface area contributed by atoms with Gasteiger partial charge in [0, 0.05) is 27.7 Å². The number of carbonyl (C=O) groups excluding carboxylic acids is 4. The number of nitrogens with two attached hydrogens (primary N) is 1. The van der Waals surface area contributed by atoms with Gasteiger partial charge in [0.1, 0.15) is 17.7 Å². The Labute approximate surface area is 264 Å². The molecule has 4 amide bonds. The number of rotatable bonds is 15. The summed E-state index contributed by atoms with van der Waals surface area (Å²) in [6.07, 6.45) is -4.08. The number of benzene rings is 2. The number of nitrogens with zero attached hydrogens (tertiary/aromatic N) is 1. The summed E-state index contributed by atoms with van der Waals surface area (Å²) in [6.45, 7) is 6.28. The van der Waals surface area contributed by atoms with E-state index in [-0.39, 0.29) is 12.8 Å². The van der Waals surface area contributed by atoms with E-state index in [9.17, 15) is 24.3 Å². The third-order valence-electron chi connectivity index (χ3n) is 6.83. The van der Waals surface area contributed by atoms with E-state index in [4.69, 9.17) is 19.9 Å². The lowest BCUT2D eigenvalue weighted by Crippen LogP contribution is -2.61. The van der Waals surface area contributed by atoms with Crippen molar-refractivity contribution in [2.24, 2.45) is 5.73 Å². The number of carbonyl (C=O) groups is 4. The number of hydrogen-bond acceptors (Lipinski definition) is 9. The zero-order valence-corrected chi connectivity index (χ0v) is 27.0. The Hall–Kier alpha value is -4.04. The Balaban J connectivity index is 2.28. The molecule has 0 saturated carbocycles. The first-order chi connectivity index (χ1) is 21.2. The second-order valence-corrected chi connectivity index (χ2v) is 11.6. The van der Waals surface area contributed by atoms with Gasteiger partial charge in [0.05, 0.1) is 12.1 Å². The van der Waals surface area contributed by atoms with Gasteiger partial charge < -0.3 is 41.0 Å². The summed E-state index contributed by atoms with van der Waals surface area (Å²) in [4.78, 5) is 53.5. The van der Waals surface area contributed by atoms with Crippen molar-refractivity contribution in [1.29, 1.82) is 0 Å². The van der Waals surface area contributed by atoms with Crippen LogP contribution in [0.4, 0.5) is 4.79 Å². The summed E-state index contributed by atoms with van der Waals surface area (Å²) in [5.74, 6) is -2.27. The number of aliphatic hydroxyl groups is 1. The molecular formula is C32H47N5O8. The van der Waals surface area contributed by atoms with Gasteiger partial charge in [0.2, 0.25) is 11.8 Å². The van der Waals surface area contributed by atoms with Gasteiger partial charge in [-0.15, -0.1) is 0 Å². The Bertz CT molecular complexity index is 1200. The zero-order valence-electron chi connectivity index (χ0n) is 27.0. The largest absolute Gasteiger partial charge is 0.444 e. The summed E-state index contributed by atoms with van der Waals surface area (Å²) in [5, 5.41) is 18.5. The monoisotopic (exact) mass is 629 g/mol. The van der Waals surface area contributed by atoms with Crippen LogP contribution in [0, 0.1) is 0 Å². The van der Waals surface area contributed by atoms with Crippen LogP contribution >= 0.6 is 0 Å². The highest BCUT2D eigenvalue weighted by atomic mass is 16.7. The van der Waals surface area contributed by atoms with Crippen LogP contribution in [0.3, 0.4) is 0 Å². The second-order valence-electron chi connectivity index (χ2n) is 11.6. The molecule has 0 radical (unpaired) electrons. The topological polar surface area (TPSA) is 182 Å². The first-order valence-electron chi connectivity index (χ1n) is 14.6. The number of aliphatic hydroxyl groups excluding tert-OH is 1. The van der Waals surface area contributed by atoms with Crippen LogP contribution in [0.15, 0.2) is 60.7 Å². The molecule has 2 aromatic carbocycles. The fourth-order valence-corrected chi connectivity index (χ4v) is 4.33. The molecule has 0 heterocycles. The highest BCUT2D eigenvalue weighted by molar-refractivity contribution is 5.94. The quantitative estimate of drug-likeness (QED) is 0.184. The molecule has 248 valence electrons. The summed E-state index contributed by atoms with van der Waals surface area (Å²) in [5.41, 5.74) is 6.78. The van der Waals surface area contributed by atoms with Crippen LogP contribution in [0.25, 0.3) is 0 Å². The highest BCUT2D eigenvalue weighted by Gasteiger charge is 2.34. The minimum absolute atomic E-state index is 0.0988. The van der Waals surface area contributed by atoms with Crippen molar-refractivity contribution in [3.63, 3.8) is 0 Å². The van der Waals surface area contributed by atoms with E-state index in [1.54, 1.807) is 20.8 Å². The fourth-order valence-electron chi connectivity index (χ4n) is 4.33. The van der Waals surface area contributed by atoms with Crippen LogP contribution in [0.1, 0.15) is 57.7 Å². The number of nitrogens with one attached hydrogen (secondary N) is 3. The highest BCUT2D eigenvalue weighted by Crippen LogP contribution is 2.22. The van der Waals surface area contributed by atoms with Gasteiger partial charge >= 0.3 is 6.09 Å². The van der Waals surface area contributed by atoms with Crippen molar-refractivity contribution in [3.05, 3.63) is 71.8 Å². The SMILES string of the molecule is COC(CCC(NC(=O)[C@@H](NC(=O)[C@H](N)N(C)C(=O)OC(C)(C)C)[C@H](C)O)C(=O)NC(c1ccccc1)c1ccccc1)OC. The molecule has 2 aromatic rings. The van der Waals surface area contributed by atoms with Gasteiger partial charge in [0.15, 0.2) is 12.5 Å². The maximum absolute atomic E-state index is 13.8. The molecule has 6 N–H and O–H groups in total. The molecule has 0 aromatic heterocycles. The standard InChI is InChI=1S/C32H47N5O8/c1-20(38)25(35-30(41)27(33)37(5)31(42)45-32(2,3)4)29(40)34-23(18-19-24(43-6)44-7)28(39)36-26(21-14-10-8-11-15-21)22-16-12-9-13-17-22/h8-17,20,23-27,38H,18-19,33H2,1-7H3,(H,34,40)(H,35,41)(H,36,39)/t20-,23?,25-,27+/m0/s1. The minimum Gasteiger partial charge on any atom is -0.444 e. The van der Waals surface area contributed by atoms with Crippen molar-refractivity contribution in [3.8, 4) is 0 Å². The third kappa shape index (κ3) is 11.8. The zero-order chi connectivity index (χ0) is 33.7. The van der Waals surface area contributed by atoms with E-state index in [1.807, 2.05) is 60.7 Å². The molecule has 0 aliphatic rings. The van der Waals surface area contributed by atoms with Crippen molar-refractivity contribution in [2.75, 3.05) is 21.3 Å². The summed E-state index contributed by atoms with van der Waals surface area (Å²) in [7, 11) is 4.19. The summed E-state index contributed by atoms with van der Waals surface area (Å²) in [6, 6.07) is 15.6. The molecule has 1 unspecified atom stereocenters. The molecule has 0 fully saturated rings. The number of methoxy groups -OCH3 is 2. The van der Waals surface area contributed by atoms with Gasteiger partial charge in [-0.2, -0.15) is 0 Å². The molecule has 4 atom stereocenters. The maximum atomic E-state index is 13.8. The smallest absolute Gasteiger partial charge is 0.411 e. The van der Waals surface area contributed by atoms with E-state index in [0.717, 1.165) is 16.0 Å². The van der Waals surface area contributed by atoms with Crippen LogP contribution in [0.5, 0.6) is 0 Å².